The quantitative estimate of drug-likeness (QED) is 0.446. The molecule has 1 aliphatic heterocycles. The highest BCUT2D eigenvalue weighted by Crippen LogP contribution is 2.11. The van der Waals surface area contributed by atoms with Crippen LogP contribution in [-0.2, 0) is 14.4 Å². The van der Waals surface area contributed by atoms with Crippen molar-refractivity contribution >= 4 is 29.2 Å². The summed E-state index contributed by atoms with van der Waals surface area (Å²) in [6.45, 7) is 2.80. The zero-order valence-electron chi connectivity index (χ0n) is 9.32. The number of nitrogens with one attached hydrogen (secondary N) is 1. The van der Waals surface area contributed by atoms with Crippen LogP contribution in [0.25, 0.3) is 0 Å². The van der Waals surface area contributed by atoms with E-state index < -0.39 is 0 Å². The number of hydroxylamine groups is 2. The van der Waals surface area contributed by atoms with E-state index in [0.717, 1.165) is 24.3 Å². The average Bonchev–Trinajstić information content (AvgIpc) is 2.56. The number of carbonyl (C=O) groups excluding carboxylic acids is 2. The van der Waals surface area contributed by atoms with Crippen molar-refractivity contribution in [3.63, 3.8) is 0 Å². The van der Waals surface area contributed by atoms with Gasteiger partial charge >= 0.3 is 0 Å². The van der Waals surface area contributed by atoms with Crippen LogP contribution < -0.4 is 5.32 Å². The van der Waals surface area contributed by atoms with E-state index in [4.69, 9.17) is 17.1 Å². The Balaban J connectivity index is 2.23. The molecule has 1 aliphatic rings. The second kappa shape index (κ2) is 6.42. The lowest BCUT2D eigenvalue weighted by Crippen LogP contribution is -2.37. The molecule has 0 saturated carbocycles. The van der Waals surface area contributed by atoms with E-state index >= 15 is 0 Å². The first-order chi connectivity index (χ1) is 7.65. The highest BCUT2D eigenvalue weighted by molar-refractivity contribution is 7.80. The molecule has 0 aromatic carbocycles. The van der Waals surface area contributed by atoms with E-state index in [0.29, 0.717) is 6.54 Å². The normalized spacial score (nSPS) is 15.4. The minimum absolute atomic E-state index is 0.0831. The number of unbranched alkanes of at least 4 members (excludes halogenated alkanes) is 2. The summed E-state index contributed by atoms with van der Waals surface area (Å²) in [6, 6.07) is 0. The smallest absolute Gasteiger partial charge is 0.287 e. The van der Waals surface area contributed by atoms with E-state index in [2.05, 4.69) is 12.2 Å². The summed E-state index contributed by atoms with van der Waals surface area (Å²) in [6.07, 6.45) is 3.63. The van der Waals surface area contributed by atoms with Crippen molar-refractivity contribution in [2.75, 3.05) is 6.54 Å². The SMILES string of the molecule is CCCCCNC(=S)ON1C(=O)CCC1=O. The van der Waals surface area contributed by atoms with Crippen LogP contribution in [0, 0.1) is 0 Å². The Morgan fingerprint density at radius 1 is 1.38 bits per heavy atom. The number of carbonyl (C=O) groups is 2. The van der Waals surface area contributed by atoms with Crippen LogP contribution in [0.3, 0.4) is 0 Å². The van der Waals surface area contributed by atoms with Crippen LogP contribution >= 0.6 is 12.2 Å². The highest BCUT2D eigenvalue weighted by atomic mass is 32.1. The maximum absolute atomic E-state index is 11.2. The molecule has 0 aliphatic carbocycles. The number of thiocarbonyl (C=S) groups is 1. The summed E-state index contributed by atoms with van der Waals surface area (Å²) >= 11 is 4.87. The number of nitrogens with zero attached hydrogens (tertiary/aromatic N) is 1. The largest absolute Gasteiger partial charge is 0.345 e. The molecule has 90 valence electrons. The molecule has 1 heterocycles. The van der Waals surface area contributed by atoms with E-state index in [1.165, 1.54) is 0 Å². The molecule has 1 fully saturated rings. The number of amides is 2. The van der Waals surface area contributed by atoms with Gasteiger partial charge in [0, 0.05) is 19.4 Å². The van der Waals surface area contributed by atoms with Gasteiger partial charge in [0.1, 0.15) is 0 Å². The molecule has 5 nitrogen and oxygen atoms in total. The Hall–Kier alpha value is -1.17. The van der Waals surface area contributed by atoms with Gasteiger partial charge in [0.05, 0.1) is 0 Å². The van der Waals surface area contributed by atoms with Crippen LogP contribution in [0.15, 0.2) is 0 Å². The van der Waals surface area contributed by atoms with Crippen LogP contribution in [-0.4, -0.2) is 28.6 Å². The number of rotatable bonds is 5. The third-order valence-electron chi connectivity index (χ3n) is 2.23. The molecule has 1 rings (SSSR count). The molecule has 0 radical (unpaired) electrons. The van der Waals surface area contributed by atoms with Crippen molar-refractivity contribution in [3.8, 4) is 0 Å². The van der Waals surface area contributed by atoms with Crippen molar-refractivity contribution in [1.82, 2.24) is 10.4 Å². The van der Waals surface area contributed by atoms with Crippen molar-refractivity contribution < 1.29 is 14.4 Å². The second-order valence-electron chi connectivity index (χ2n) is 3.59. The highest BCUT2D eigenvalue weighted by Gasteiger charge is 2.31. The first kappa shape index (κ1) is 12.9. The summed E-state index contributed by atoms with van der Waals surface area (Å²) in [5.41, 5.74) is 0. The minimum atomic E-state index is -0.331. The standard InChI is InChI=1S/C10H16N2O3S/c1-2-3-4-7-11-10(16)15-12-8(13)5-6-9(12)14/h2-7H2,1H3,(H,11,16). The Bertz CT molecular complexity index is 278. The zero-order valence-corrected chi connectivity index (χ0v) is 10.1. The maximum Gasteiger partial charge on any atom is 0.287 e. The number of hydrogen-bond donors (Lipinski definition) is 1. The molecule has 0 bridgehead atoms. The van der Waals surface area contributed by atoms with Gasteiger partial charge in [0.15, 0.2) is 0 Å². The van der Waals surface area contributed by atoms with Gasteiger partial charge < -0.3 is 10.2 Å². The van der Waals surface area contributed by atoms with E-state index in [1.807, 2.05) is 0 Å². The van der Waals surface area contributed by atoms with Crippen LogP contribution in [0.2, 0.25) is 0 Å². The molecular formula is C10H16N2O3S. The topological polar surface area (TPSA) is 58.6 Å². The molecule has 6 heteroatoms. The first-order valence-corrected chi connectivity index (χ1v) is 5.87. The Morgan fingerprint density at radius 3 is 2.56 bits per heavy atom. The summed E-state index contributed by atoms with van der Waals surface area (Å²) in [7, 11) is 0. The monoisotopic (exact) mass is 244 g/mol. The fraction of sp³-hybridized carbons (Fsp3) is 0.700. The van der Waals surface area contributed by atoms with Crippen LogP contribution in [0.1, 0.15) is 39.0 Å². The molecule has 2 amide bonds. The second-order valence-corrected chi connectivity index (χ2v) is 3.97. The molecule has 0 spiro atoms. The molecule has 16 heavy (non-hydrogen) atoms. The summed E-state index contributed by atoms with van der Waals surface area (Å²) in [5, 5.41) is 3.68. The molecule has 0 aromatic heterocycles. The van der Waals surface area contributed by atoms with Gasteiger partial charge in [-0.05, 0) is 18.6 Å². The third-order valence-corrected chi connectivity index (χ3v) is 2.45. The molecule has 0 aromatic rings. The van der Waals surface area contributed by atoms with E-state index in [-0.39, 0.29) is 29.8 Å². The van der Waals surface area contributed by atoms with Gasteiger partial charge in [-0.3, -0.25) is 9.59 Å². The predicted octanol–water partition coefficient (Wildman–Crippen LogP) is 1.13. The Morgan fingerprint density at radius 2 is 2.00 bits per heavy atom. The van der Waals surface area contributed by atoms with Gasteiger partial charge in [0.2, 0.25) is 0 Å². The minimum Gasteiger partial charge on any atom is -0.345 e. The van der Waals surface area contributed by atoms with Crippen LogP contribution in [0.5, 0.6) is 0 Å². The molecule has 1 saturated heterocycles. The lowest BCUT2D eigenvalue weighted by molar-refractivity contribution is -0.167. The van der Waals surface area contributed by atoms with E-state index in [9.17, 15) is 9.59 Å². The van der Waals surface area contributed by atoms with Gasteiger partial charge in [-0.2, -0.15) is 0 Å². The van der Waals surface area contributed by atoms with Gasteiger partial charge in [-0.1, -0.05) is 19.8 Å². The Kier molecular flexibility index (Phi) is 5.18. The number of imide groups is 1. The fourth-order valence-electron chi connectivity index (χ4n) is 1.34. The van der Waals surface area contributed by atoms with Crippen molar-refractivity contribution in [3.05, 3.63) is 0 Å². The summed E-state index contributed by atoms with van der Waals surface area (Å²) in [4.78, 5) is 27.3. The number of hydrogen-bond acceptors (Lipinski definition) is 4. The van der Waals surface area contributed by atoms with Gasteiger partial charge in [-0.15, -0.1) is 5.06 Å². The average molecular weight is 244 g/mol. The fourth-order valence-corrected chi connectivity index (χ4v) is 1.52. The predicted molar refractivity (Wildman–Crippen MR) is 62.3 cm³/mol. The molecular weight excluding hydrogens is 228 g/mol. The Labute approximate surface area is 100 Å². The van der Waals surface area contributed by atoms with Crippen molar-refractivity contribution in [2.24, 2.45) is 0 Å². The van der Waals surface area contributed by atoms with Crippen molar-refractivity contribution in [1.29, 1.82) is 0 Å². The molecule has 1 N–H and O–H groups in total. The van der Waals surface area contributed by atoms with Crippen molar-refractivity contribution in [2.45, 2.75) is 39.0 Å². The third kappa shape index (κ3) is 3.77. The lowest BCUT2D eigenvalue weighted by atomic mass is 10.2. The molecule has 0 atom stereocenters. The molecule has 0 unspecified atom stereocenters. The zero-order chi connectivity index (χ0) is 12.0. The van der Waals surface area contributed by atoms with Crippen LogP contribution in [0.4, 0.5) is 0 Å². The lowest BCUT2D eigenvalue weighted by Gasteiger charge is -2.15. The first-order valence-electron chi connectivity index (χ1n) is 5.46. The summed E-state index contributed by atoms with van der Waals surface area (Å²) in [5.74, 6) is -0.662. The van der Waals surface area contributed by atoms with Gasteiger partial charge in [-0.25, -0.2) is 0 Å². The maximum atomic E-state index is 11.2. The van der Waals surface area contributed by atoms with E-state index in [1.54, 1.807) is 0 Å². The van der Waals surface area contributed by atoms with Gasteiger partial charge in [0.25, 0.3) is 17.0 Å². The summed E-state index contributed by atoms with van der Waals surface area (Å²) < 4.78 is 0.